The van der Waals surface area contributed by atoms with Crippen LogP contribution >= 0.6 is 0 Å². The van der Waals surface area contributed by atoms with Gasteiger partial charge >= 0.3 is 0 Å². The van der Waals surface area contributed by atoms with Crippen molar-refractivity contribution >= 4 is 15.7 Å². The SMILES string of the molecule is CN(CC1CCCC1)S(=O)(=O)c1ccc2c(c1)NCCC2. The fourth-order valence-corrected chi connectivity index (χ4v) is 4.71. The number of benzene rings is 1. The highest BCUT2D eigenvalue weighted by Gasteiger charge is 2.26. The van der Waals surface area contributed by atoms with Crippen LogP contribution in [0.15, 0.2) is 23.1 Å². The summed E-state index contributed by atoms with van der Waals surface area (Å²) in [7, 11) is -1.66. The lowest BCUT2D eigenvalue weighted by atomic mass is 10.0. The summed E-state index contributed by atoms with van der Waals surface area (Å²) < 4.78 is 26.9. The zero-order valence-corrected chi connectivity index (χ0v) is 13.5. The van der Waals surface area contributed by atoms with Crippen molar-refractivity contribution in [1.82, 2.24) is 4.31 Å². The molecule has 1 aromatic carbocycles. The van der Waals surface area contributed by atoms with Gasteiger partial charge in [0.1, 0.15) is 0 Å². The smallest absolute Gasteiger partial charge is 0.242 e. The summed E-state index contributed by atoms with van der Waals surface area (Å²) in [5.41, 5.74) is 2.20. The van der Waals surface area contributed by atoms with Crippen molar-refractivity contribution in [3.05, 3.63) is 23.8 Å². The minimum absolute atomic E-state index is 0.413. The van der Waals surface area contributed by atoms with Gasteiger partial charge in [0.25, 0.3) is 0 Å². The van der Waals surface area contributed by atoms with E-state index >= 15 is 0 Å². The Balaban J connectivity index is 1.80. The monoisotopic (exact) mass is 308 g/mol. The van der Waals surface area contributed by atoms with Crippen LogP contribution in [0.5, 0.6) is 0 Å². The lowest BCUT2D eigenvalue weighted by Crippen LogP contribution is -2.31. The maximum Gasteiger partial charge on any atom is 0.242 e. The van der Waals surface area contributed by atoms with Gasteiger partial charge < -0.3 is 5.32 Å². The Hall–Kier alpha value is -1.07. The van der Waals surface area contributed by atoms with Crippen LogP contribution in [-0.2, 0) is 16.4 Å². The zero-order valence-electron chi connectivity index (χ0n) is 12.6. The van der Waals surface area contributed by atoms with Crippen LogP contribution in [0.2, 0.25) is 0 Å². The highest BCUT2D eigenvalue weighted by molar-refractivity contribution is 7.89. The van der Waals surface area contributed by atoms with E-state index < -0.39 is 10.0 Å². The first kappa shape index (κ1) is 14.9. The Morgan fingerprint density at radius 3 is 2.76 bits per heavy atom. The Morgan fingerprint density at radius 1 is 1.24 bits per heavy atom. The Labute approximate surface area is 127 Å². The summed E-state index contributed by atoms with van der Waals surface area (Å²) in [6.45, 7) is 1.57. The summed E-state index contributed by atoms with van der Waals surface area (Å²) in [6.07, 6.45) is 6.93. The predicted molar refractivity (Wildman–Crippen MR) is 85.0 cm³/mol. The van der Waals surface area contributed by atoms with Crippen molar-refractivity contribution in [3.63, 3.8) is 0 Å². The first-order valence-electron chi connectivity index (χ1n) is 7.90. The second-order valence-electron chi connectivity index (χ2n) is 6.29. The van der Waals surface area contributed by atoms with Crippen LogP contribution in [-0.4, -0.2) is 32.9 Å². The molecular weight excluding hydrogens is 284 g/mol. The van der Waals surface area contributed by atoms with Gasteiger partial charge in [0, 0.05) is 25.8 Å². The van der Waals surface area contributed by atoms with Crippen molar-refractivity contribution < 1.29 is 8.42 Å². The normalized spacial score (nSPS) is 19.5. The van der Waals surface area contributed by atoms with Crippen molar-refractivity contribution in [2.24, 2.45) is 5.92 Å². The van der Waals surface area contributed by atoms with Crippen molar-refractivity contribution in [2.75, 3.05) is 25.5 Å². The Bertz CT molecular complexity index is 607. The molecule has 0 bridgehead atoms. The second kappa shape index (κ2) is 5.97. The molecule has 2 aliphatic rings. The number of hydrogen-bond acceptors (Lipinski definition) is 3. The molecule has 0 atom stereocenters. The van der Waals surface area contributed by atoms with Gasteiger partial charge in [-0.05, 0) is 49.3 Å². The van der Waals surface area contributed by atoms with E-state index in [0.717, 1.165) is 37.9 Å². The van der Waals surface area contributed by atoms with E-state index in [-0.39, 0.29) is 0 Å². The lowest BCUT2D eigenvalue weighted by Gasteiger charge is -2.23. The van der Waals surface area contributed by atoms with Gasteiger partial charge in [0.15, 0.2) is 0 Å². The number of nitrogens with zero attached hydrogens (tertiary/aromatic N) is 1. The van der Waals surface area contributed by atoms with Crippen LogP contribution < -0.4 is 5.32 Å². The van der Waals surface area contributed by atoms with Crippen molar-refractivity contribution in [3.8, 4) is 0 Å². The number of aryl methyl sites for hydroxylation is 1. The number of fused-ring (bicyclic) bond motifs is 1. The van der Waals surface area contributed by atoms with Crippen LogP contribution in [0.4, 0.5) is 5.69 Å². The number of rotatable bonds is 4. The minimum atomic E-state index is -3.37. The molecule has 1 fully saturated rings. The first-order valence-corrected chi connectivity index (χ1v) is 9.34. The standard InChI is InChI=1S/C16H24N2O2S/c1-18(12-13-5-2-3-6-13)21(19,20)15-9-8-14-7-4-10-17-16(14)11-15/h8-9,11,13,17H,2-7,10,12H2,1H3. The highest BCUT2D eigenvalue weighted by Crippen LogP contribution is 2.29. The molecule has 0 saturated heterocycles. The maximum absolute atomic E-state index is 12.7. The summed E-state index contributed by atoms with van der Waals surface area (Å²) in [5, 5.41) is 3.30. The summed E-state index contributed by atoms with van der Waals surface area (Å²) in [5.74, 6) is 0.528. The highest BCUT2D eigenvalue weighted by atomic mass is 32.2. The van der Waals surface area contributed by atoms with E-state index in [1.54, 1.807) is 19.2 Å². The minimum Gasteiger partial charge on any atom is -0.385 e. The largest absolute Gasteiger partial charge is 0.385 e. The maximum atomic E-state index is 12.7. The first-order chi connectivity index (χ1) is 10.1. The van der Waals surface area contributed by atoms with E-state index in [4.69, 9.17) is 0 Å². The van der Waals surface area contributed by atoms with Crippen LogP contribution in [0, 0.1) is 5.92 Å². The molecule has 4 nitrogen and oxygen atoms in total. The van der Waals surface area contributed by atoms with Crippen LogP contribution in [0.3, 0.4) is 0 Å². The van der Waals surface area contributed by atoms with E-state index in [0.29, 0.717) is 17.4 Å². The molecule has 3 rings (SSSR count). The molecule has 116 valence electrons. The van der Waals surface area contributed by atoms with Crippen molar-refractivity contribution in [1.29, 1.82) is 0 Å². The molecule has 1 saturated carbocycles. The van der Waals surface area contributed by atoms with Crippen LogP contribution in [0.25, 0.3) is 0 Å². The molecule has 0 amide bonds. The third-order valence-corrected chi connectivity index (χ3v) is 6.54. The van der Waals surface area contributed by atoms with E-state index in [2.05, 4.69) is 5.32 Å². The fourth-order valence-electron chi connectivity index (χ4n) is 3.44. The third kappa shape index (κ3) is 3.09. The Kier molecular flexibility index (Phi) is 4.22. The number of sulfonamides is 1. The molecule has 5 heteroatoms. The van der Waals surface area contributed by atoms with E-state index in [9.17, 15) is 8.42 Å². The van der Waals surface area contributed by atoms with Gasteiger partial charge in [-0.2, -0.15) is 0 Å². The van der Waals surface area contributed by atoms with Gasteiger partial charge in [-0.25, -0.2) is 12.7 Å². The lowest BCUT2D eigenvalue weighted by molar-refractivity contribution is 0.387. The number of hydrogen-bond donors (Lipinski definition) is 1. The molecule has 0 aromatic heterocycles. The predicted octanol–water partition coefficient (Wildman–Crippen LogP) is 2.86. The third-order valence-electron chi connectivity index (χ3n) is 4.72. The molecule has 0 radical (unpaired) electrons. The molecule has 1 aliphatic carbocycles. The molecule has 1 N–H and O–H groups in total. The summed E-state index contributed by atoms with van der Waals surface area (Å²) in [4.78, 5) is 0.413. The molecule has 21 heavy (non-hydrogen) atoms. The van der Waals surface area contributed by atoms with Gasteiger partial charge in [0.05, 0.1) is 4.90 Å². The number of nitrogens with one attached hydrogen (secondary N) is 1. The molecular formula is C16H24N2O2S. The average Bonchev–Trinajstić information content (AvgIpc) is 2.99. The summed E-state index contributed by atoms with van der Waals surface area (Å²) in [6, 6.07) is 5.51. The number of anilines is 1. The molecule has 1 heterocycles. The molecule has 1 aromatic rings. The quantitative estimate of drug-likeness (QED) is 0.930. The fraction of sp³-hybridized carbons (Fsp3) is 0.625. The van der Waals surface area contributed by atoms with Gasteiger partial charge in [-0.1, -0.05) is 18.9 Å². The summed E-state index contributed by atoms with van der Waals surface area (Å²) >= 11 is 0. The topological polar surface area (TPSA) is 49.4 Å². The van der Waals surface area contributed by atoms with Crippen molar-refractivity contribution in [2.45, 2.75) is 43.4 Å². The average molecular weight is 308 g/mol. The van der Waals surface area contributed by atoms with Gasteiger partial charge in [-0.15, -0.1) is 0 Å². The van der Waals surface area contributed by atoms with Crippen LogP contribution in [0.1, 0.15) is 37.7 Å². The zero-order chi connectivity index (χ0) is 14.9. The Morgan fingerprint density at radius 2 is 2.00 bits per heavy atom. The molecule has 1 aliphatic heterocycles. The van der Waals surface area contributed by atoms with Gasteiger partial charge in [-0.3, -0.25) is 0 Å². The molecule has 0 unspecified atom stereocenters. The van der Waals surface area contributed by atoms with E-state index in [1.165, 1.54) is 22.7 Å². The second-order valence-corrected chi connectivity index (χ2v) is 8.33. The molecule has 0 spiro atoms. The van der Waals surface area contributed by atoms with E-state index in [1.807, 2.05) is 6.07 Å². The van der Waals surface area contributed by atoms with Gasteiger partial charge in [0.2, 0.25) is 10.0 Å².